The highest BCUT2D eigenvalue weighted by molar-refractivity contribution is 5.73. The second kappa shape index (κ2) is 7.58. The predicted molar refractivity (Wildman–Crippen MR) is 86.3 cm³/mol. The number of aromatic nitrogens is 1. The molecule has 0 spiro atoms. The number of carbonyl (C=O) groups is 1. The molecule has 1 aromatic rings. The number of carbonyl (C=O) groups excluding carboxylic acids is 1. The van der Waals surface area contributed by atoms with Crippen molar-refractivity contribution in [2.75, 3.05) is 13.1 Å². The summed E-state index contributed by atoms with van der Waals surface area (Å²) in [5, 5.41) is 15.6. The van der Waals surface area contributed by atoms with E-state index >= 15 is 0 Å². The molecule has 1 heterocycles. The van der Waals surface area contributed by atoms with Gasteiger partial charge in [-0.05, 0) is 54.7 Å². The third-order valence-corrected chi connectivity index (χ3v) is 4.56. The Balaban J connectivity index is 1.64. The first-order valence-electron chi connectivity index (χ1n) is 8.06. The predicted octanol–water partition coefficient (Wildman–Crippen LogP) is 2.63. The van der Waals surface area contributed by atoms with Crippen LogP contribution < -0.4 is 10.6 Å². The van der Waals surface area contributed by atoms with Gasteiger partial charge in [-0.3, -0.25) is 4.98 Å². The zero-order valence-electron chi connectivity index (χ0n) is 13.5. The van der Waals surface area contributed by atoms with Gasteiger partial charge in [-0.25, -0.2) is 4.79 Å². The molecule has 1 atom stereocenters. The van der Waals surface area contributed by atoms with Gasteiger partial charge in [0.05, 0.1) is 6.10 Å². The molecule has 1 unspecified atom stereocenters. The Morgan fingerprint density at radius 1 is 1.32 bits per heavy atom. The van der Waals surface area contributed by atoms with Crippen LogP contribution in [0.2, 0.25) is 0 Å². The largest absolute Gasteiger partial charge is 0.387 e. The zero-order valence-corrected chi connectivity index (χ0v) is 13.5. The Bertz CT molecular complexity index is 466. The van der Waals surface area contributed by atoms with Gasteiger partial charge in [0, 0.05) is 25.5 Å². The topological polar surface area (TPSA) is 74.2 Å². The molecular weight excluding hydrogens is 278 g/mol. The third-order valence-electron chi connectivity index (χ3n) is 4.56. The van der Waals surface area contributed by atoms with E-state index in [0.29, 0.717) is 17.9 Å². The summed E-state index contributed by atoms with van der Waals surface area (Å²) in [6.07, 6.45) is 7.35. The lowest BCUT2D eigenvalue weighted by Gasteiger charge is -2.34. The van der Waals surface area contributed by atoms with E-state index in [1.165, 1.54) is 25.7 Å². The van der Waals surface area contributed by atoms with Gasteiger partial charge >= 0.3 is 6.03 Å². The van der Waals surface area contributed by atoms with E-state index < -0.39 is 6.10 Å². The van der Waals surface area contributed by atoms with Crippen LogP contribution in [-0.4, -0.2) is 29.2 Å². The van der Waals surface area contributed by atoms with E-state index in [0.717, 1.165) is 5.56 Å². The van der Waals surface area contributed by atoms with Crippen LogP contribution in [0.3, 0.4) is 0 Å². The normalized spacial score (nSPS) is 19.4. The molecule has 0 bridgehead atoms. The lowest BCUT2D eigenvalue weighted by Crippen LogP contribution is -2.40. The lowest BCUT2D eigenvalue weighted by atomic mass is 9.73. The minimum absolute atomic E-state index is 0.202. The maximum Gasteiger partial charge on any atom is 0.314 e. The van der Waals surface area contributed by atoms with Gasteiger partial charge in [0.25, 0.3) is 0 Å². The molecule has 1 saturated carbocycles. The molecule has 1 fully saturated rings. The van der Waals surface area contributed by atoms with Crippen LogP contribution in [-0.2, 0) is 0 Å². The first-order valence-corrected chi connectivity index (χ1v) is 8.06. The highest BCUT2D eigenvalue weighted by Gasteiger charge is 2.26. The minimum atomic E-state index is -0.704. The molecule has 3 N–H and O–H groups in total. The molecule has 122 valence electrons. The molecule has 1 aromatic heterocycles. The summed E-state index contributed by atoms with van der Waals surface area (Å²) in [4.78, 5) is 15.7. The van der Waals surface area contributed by atoms with Crippen LogP contribution in [0.25, 0.3) is 0 Å². The number of nitrogens with zero attached hydrogens (tertiary/aromatic N) is 1. The van der Waals surface area contributed by atoms with Crippen molar-refractivity contribution in [3.05, 3.63) is 30.1 Å². The molecule has 0 radical (unpaired) electrons. The molecule has 22 heavy (non-hydrogen) atoms. The van der Waals surface area contributed by atoms with Gasteiger partial charge in [0.15, 0.2) is 0 Å². The fourth-order valence-corrected chi connectivity index (χ4v) is 2.86. The molecule has 0 aliphatic heterocycles. The molecule has 2 amide bonds. The Kier molecular flexibility index (Phi) is 5.77. The van der Waals surface area contributed by atoms with Crippen LogP contribution in [0.15, 0.2) is 24.5 Å². The van der Waals surface area contributed by atoms with Crippen molar-refractivity contribution in [3.8, 4) is 0 Å². The van der Waals surface area contributed by atoms with Crippen LogP contribution in [0, 0.1) is 11.3 Å². The summed E-state index contributed by atoms with van der Waals surface area (Å²) < 4.78 is 0. The van der Waals surface area contributed by atoms with Crippen LogP contribution in [0.1, 0.15) is 51.2 Å². The summed E-state index contributed by atoms with van der Waals surface area (Å²) in [7, 11) is 0. The molecule has 5 heteroatoms. The molecule has 2 rings (SSSR count). The van der Waals surface area contributed by atoms with Crippen molar-refractivity contribution in [3.63, 3.8) is 0 Å². The van der Waals surface area contributed by atoms with E-state index in [1.807, 2.05) is 0 Å². The highest BCUT2D eigenvalue weighted by atomic mass is 16.3. The average molecular weight is 305 g/mol. The van der Waals surface area contributed by atoms with Crippen molar-refractivity contribution in [2.24, 2.45) is 11.3 Å². The SMILES string of the molecule is CC1(C)CCC(CNC(=O)NCC(O)c2ccncc2)CC1. The number of urea groups is 1. The fourth-order valence-electron chi connectivity index (χ4n) is 2.86. The molecule has 1 aliphatic rings. The molecule has 1 aliphatic carbocycles. The Hall–Kier alpha value is -1.62. The van der Waals surface area contributed by atoms with Crippen molar-refractivity contribution in [2.45, 2.75) is 45.6 Å². The van der Waals surface area contributed by atoms with E-state index in [1.54, 1.807) is 24.5 Å². The number of hydrogen-bond acceptors (Lipinski definition) is 3. The summed E-state index contributed by atoms with van der Waals surface area (Å²) >= 11 is 0. The Morgan fingerprint density at radius 2 is 1.95 bits per heavy atom. The number of nitrogens with one attached hydrogen (secondary N) is 2. The molecular formula is C17H27N3O2. The zero-order chi connectivity index (χ0) is 16.0. The van der Waals surface area contributed by atoms with Crippen LogP contribution in [0.5, 0.6) is 0 Å². The Morgan fingerprint density at radius 3 is 2.59 bits per heavy atom. The van der Waals surface area contributed by atoms with Crippen LogP contribution in [0.4, 0.5) is 4.79 Å². The van der Waals surface area contributed by atoms with Crippen molar-refractivity contribution in [1.82, 2.24) is 15.6 Å². The number of amides is 2. The number of hydrogen-bond donors (Lipinski definition) is 3. The van der Waals surface area contributed by atoms with Crippen LogP contribution >= 0.6 is 0 Å². The molecule has 5 nitrogen and oxygen atoms in total. The van der Waals surface area contributed by atoms with Gasteiger partial charge < -0.3 is 15.7 Å². The molecule has 0 aromatic carbocycles. The number of pyridine rings is 1. The molecule has 0 saturated heterocycles. The van der Waals surface area contributed by atoms with Crippen molar-refractivity contribution in [1.29, 1.82) is 0 Å². The van der Waals surface area contributed by atoms with Crippen molar-refractivity contribution < 1.29 is 9.90 Å². The maximum atomic E-state index is 11.8. The summed E-state index contributed by atoms with van der Waals surface area (Å²) in [6, 6.07) is 3.28. The number of aliphatic hydroxyl groups is 1. The average Bonchev–Trinajstić information content (AvgIpc) is 2.52. The standard InChI is InChI=1S/C17H27N3O2/c1-17(2)7-3-13(4-8-17)11-19-16(22)20-12-15(21)14-5-9-18-10-6-14/h5-6,9-10,13,15,21H,3-4,7-8,11-12H2,1-2H3,(H2,19,20,22). The first kappa shape index (κ1) is 16.7. The van der Waals surface area contributed by atoms with E-state index in [9.17, 15) is 9.90 Å². The van der Waals surface area contributed by atoms with Gasteiger partial charge in [0.1, 0.15) is 0 Å². The summed E-state index contributed by atoms with van der Waals surface area (Å²) in [5.41, 5.74) is 1.21. The number of aliphatic hydroxyl groups excluding tert-OH is 1. The quantitative estimate of drug-likeness (QED) is 0.783. The Labute approximate surface area is 132 Å². The third kappa shape index (κ3) is 5.30. The van der Waals surface area contributed by atoms with Gasteiger partial charge in [0.2, 0.25) is 0 Å². The second-order valence-corrected chi connectivity index (χ2v) is 6.99. The highest BCUT2D eigenvalue weighted by Crippen LogP contribution is 2.37. The fraction of sp³-hybridized carbons (Fsp3) is 0.647. The minimum Gasteiger partial charge on any atom is -0.387 e. The van der Waals surface area contributed by atoms with Gasteiger partial charge in [-0.1, -0.05) is 13.8 Å². The van der Waals surface area contributed by atoms with Crippen molar-refractivity contribution >= 4 is 6.03 Å². The van der Waals surface area contributed by atoms with E-state index in [-0.39, 0.29) is 12.6 Å². The first-order chi connectivity index (χ1) is 10.5. The summed E-state index contributed by atoms with van der Waals surface area (Å²) in [5.74, 6) is 0.573. The van der Waals surface area contributed by atoms with E-state index in [2.05, 4.69) is 29.5 Å². The van der Waals surface area contributed by atoms with Gasteiger partial charge in [-0.15, -0.1) is 0 Å². The second-order valence-electron chi connectivity index (χ2n) is 6.99. The number of rotatable bonds is 5. The van der Waals surface area contributed by atoms with E-state index in [4.69, 9.17) is 0 Å². The smallest absolute Gasteiger partial charge is 0.314 e. The monoisotopic (exact) mass is 305 g/mol. The maximum absolute atomic E-state index is 11.8. The van der Waals surface area contributed by atoms with Gasteiger partial charge in [-0.2, -0.15) is 0 Å². The lowest BCUT2D eigenvalue weighted by molar-refractivity contribution is 0.170. The summed E-state index contributed by atoms with van der Waals surface area (Å²) in [6.45, 7) is 5.54.